The van der Waals surface area contributed by atoms with Crippen molar-refractivity contribution in [2.75, 3.05) is 11.9 Å². The monoisotopic (exact) mass is 273 g/mol. The van der Waals surface area contributed by atoms with E-state index in [0.717, 1.165) is 11.3 Å². The maximum Gasteiger partial charge on any atom is 0.338 e. The van der Waals surface area contributed by atoms with Crippen molar-refractivity contribution in [3.63, 3.8) is 0 Å². The van der Waals surface area contributed by atoms with Gasteiger partial charge in [0.1, 0.15) is 5.82 Å². The molecular weight excluding hydrogens is 257 g/mol. The van der Waals surface area contributed by atoms with Gasteiger partial charge in [0.15, 0.2) is 0 Å². The fraction of sp³-hybridized carbons (Fsp3) is 0.188. The molecule has 0 aliphatic carbocycles. The molecular formula is C16H16FNO2. The quantitative estimate of drug-likeness (QED) is 0.927. The highest BCUT2D eigenvalue weighted by molar-refractivity contribution is 5.88. The Balaban J connectivity index is 2.29. The molecule has 2 aromatic rings. The summed E-state index contributed by atoms with van der Waals surface area (Å²) in [6, 6.07) is 12.2. The minimum Gasteiger partial charge on any atom is -0.478 e. The van der Waals surface area contributed by atoms with Crippen LogP contribution in [0.5, 0.6) is 0 Å². The van der Waals surface area contributed by atoms with Crippen LogP contribution in [-0.4, -0.2) is 18.1 Å². The van der Waals surface area contributed by atoms with Crippen LogP contribution in [0.25, 0.3) is 0 Å². The van der Waals surface area contributed by atoms with Crippen LogP contribution >= 0.6 is 0 Å². The van der Waals surface area contributed by atoms with Gasteiger partial charge in [0.05, 0.1) is 5.56 Å². The lowest BCUT2D eigenvalue weighted by molar-refractivity contribution is 0.0691. The Morgan fingerprint density at radius 3 is 2.55 bits per heavy atom. The van der Waals surface area contributed by atoms with Crippen LogP contribution in [0.1, 0.15) is 21.5 Å². The largest absolute Gasteiger partial charge is 0.478 e. The molecule has 0 bridgehead atoms. The Bertz CT molecular complexity index is 640. The maximum atomic E-state index is 14.1. The van der Waals surface area contributed by atoms with Gasteiger partial charge >= 0.3 is 5.97 Å². The van der Waals surface area contributed by atoms with Gasteiger partial charge in [-0.25, -0.2) is 9.18 Å². The molecule has 0 spiro atoms. The van der Waals surface area contributed by atoms with Crippen molar-refractivity contribution < 1.29 is 14.3 Å². The topological polar surface area (TPSA) is 40.5 Å². The number of para-hydroxylation sites is 1. The summed E-state index contributed by atoms with van der Waals surface area (Å²) in [6.07, 6.45) is 0. The van der Waals surface area contributed by atoms with E-state index in [0.29, 0.717) is 12.1 Å². The van der Waals surface area contributed by atoms with Crippen molar-refractivity contribution in [1.82, 2.24) is 0 Å². The molecule has 20 heavy (non-hydrogen) atoms. The predicted octanol–water partition coefficient (Wildman–Crippen LogP) is 3.47. The minimum atomic E-state index is -1.25. The van der Waals surface area contributed by atoms with E-state index in [1.807, 2.05) is 43.1 Å². The normalized spacial score (nSPS) is 10.3. The smallest absolute Gasteiger partial charge is 0.338 e. The number of carboxylic acid groups (broad SMARTS) is 1. The first-order valence-electron chi connectivity index (χ1n) is 6.28. The van der Waals surface area contributed by atoms with Crippen LogP contribution in [0.3, 0.4) is 0 Å². The summed E-state index contributed by atoms with van der Waals surface area (Å²) in [7, 11) is 1.86. The third-order valence-electron chi connectivity index (χ3n) is 3.24. The van der Waals surface area contributed by atoms with E-state index in [9.17, 15) is 9.18 Å². The number of anilines is 1. The SMILES string of the molecule is Cc1ccccc1N(C)Cc1cccc(C(=O)O)c1F. The predicted molar refractivity (Wildman–Crippen MR) is 76.6 cm³/mol. The molecule has 1 N–H and O–H groups in total. The lowest BCUT2D eigenvalue weighted by Gasteiger charge is -2.22. The first-order chi connectivity index (χ1) is 9.50. The Morgan fingerprint density at radius 1 is 1.20 bits per heavy atom. The second-order valence-electron chi connectivity index (χ2n) is 4.73. The van der Waals surface area contributed by atoms with Crippen molar-refractivity contribution >= 4 is 11.7 Å². The summed E-state index contributed by atoms with van der Waals surface area (Å²) in [6.45, 7) is 2.30. The lowest BCUT2D eigenvalue weighted by atomic mass is 10.1. The average molecular weight is 273 g/mol. The lowest BCUT2D eigenvalue weighted by Crippen LogP contribution is -2.19. The molecule has 0 amide bonds. The van der Waals surface area contributed by atoms with E-state index in [-0.39, 0.29) is 5.56 Å². The molecule has 0 saturated heterocycles. The number of hydrogen-bond donors (Lipinski definition) is 1. The van der Waals surface area contributed by atoms with E-state index in [2.05, 4.69) is 0 Å². The van der Waals surface area contributed by atoms with Crippen LogP contribution in [0.15, 0.2) is 42.5 Å². The van der Waals surface area contributed by atoms with Crippen LogP contribution in [0.2, 0.25) is 0 Å². The summed E-state index contributed by atoms with van der Waals surface area (Å²) < 4.78 is 14.1. The highest BCUT2D eigenvalue weighted by atomic mass is 19.1. The highest BCUT2D eigenvalue weighted by Crippen LogP contribution is 2.22. The minimum absolute atomic E-state index is 0.291. The third kappa shape index (κ3) is 2.79. The molecule has 0 radical (unpaired) electrons. The van der Waals surface area contributed by atoms with Crippen molar-refractivity contribution in [1.29, 1.82) is 0 Å². The van der Waals surface area contributed by atoms with Gasteiger partial charge in [-0.2, -0.15) is 0 Å². The number of rotatable bonds is 4. The Kier molecular flexibility index (Phi) is 4.03. The van der Waals surface area contributed by atoms with E-state index in [4.69, 9.17) is 5.11 Å². The summed E-state index contributed by atoms with van der Waals surface area (Å²) >= 11 is 0. The van der Waals surface area contributed by atoms with Gasteiger partial charge in [-0.05, 0) is 24.6 Å². The molecule has 0 aliphatic heterocycles. The number of halogens is 1. The first kappa shape index (κ1) is 14.1. The zero-order valence-corrected chi connectivity index (χ0v) is 11.4. The van der Waals surface area contributed by atoms with Gasteiger partial charge in [0.2, 0.25) is 0 Å². The number of hydrogen-bond acceptors (Lipinski definition) is 2. The number of aryl methyl sites for hydroxylation is 1. The van der Waals surface area contributed by atoms with Gasteiger partial charge in [-0.1, -0.05) is 30.3 Å². The standard InChI is InChI=1S/C16H16FNO2/c1-11-6-3-4-9-14(11)18(2)10-12-7-5-8-13(15(12)17)16(19)20/h3-9H,10H2,1-2H3,(H,19,20). The molecule has 0 atom stereocenters. The van der Waals surface area contributed by atoms with E-state index < -0.39 is 11.8 Å². The maximum absolute atomic E-state index is 14.1. The van der Waals surface area contributed by atoms with Crippen LogP contribution in [0.4, 0.5) is 10.1 Å². The second-order valence-corrected chi connectivity index (χ2v) is 4.73. The average Bonchev–Trinajstić information content (AvgIpc) is 2.41. The van der Waals surface area contributed by atoms with Gasteiger partial charge in [-0.15, -0.1) is 0 Å². The molecule has 0 aromatic heterocycles. The van der Waals surface area contributed by atoms with Gasteiger partial charge in [-0.3, -0.25) is 0 Å². The number of aromatic carboxylic acids is 1. The number of benzene rings is 2. The number of nitrogens with zero attached hydrogens (tertiary/aromatic N) is 1. The van der Waals surface area contributed by atoms with Gasteiger partial charge in [0, 0.05) is 24.8 Å². The fourth-order valence-corrected chi connectivity index (χ4v) is 2.20. The van der Waals surface area contributed by atoms with E-state index >= 15 is 0 Å². The zero-order chi connectivity index (χ0) is 14.7. The Hall–Kier alpha value is -2.36. The number of carboxylic acids is 1. The van der Waals surface area contributed by atoms with Crippen molar-refractivity contribution in [3.8, 4) is 0 Å². The molecule has 2 rings (SSSR count). The Labute approximate surface area is 117 Å². The molecule has 104 valence electrons. The van der Waals surface area contributed by atoms with Crippen molar-refractivity contribution in [2.24, 2.45) is 0 Å². The molecule has 3 nitrogen and oxygen atoms in total. The first-order valence-corrected chi connectivity index (χ1v) is 6.28. The molecule has 0 heterocycles. The summed E-state index contributed by atoms with van der Waals surface area (Å²) in [5.41, 5.74) is 2.16. The fourth-order valence-electron chi connectivity index (χ4n) is 2.20. The summed E-state index contributed by atoms with van der Waals surface area (Å²) in [4.78, 5) is 12.8. The van der Waals surface area contributed by atoms with Gasteiger partial charge < -0.3 is 10.0 Å². The molecule has 0 saturated carbocycles. The van der Waals surface area contributed by atoms with Gasteiger partial charge in [0.25, 0.3) is 0 Å². The van der Waals surface area contributed by atoms with E-state index in [1.54, 1.807) is 12.1 Å². The summed E-state index contributed by atoms with van der Waals surface area (Å²) in [5.74, 6) is -1.91. The molecule has 0 fully saturated rings. The zero-order valence-electron chi connectivity index (χ0n) is 11.4. The summed E-state index contributed by atoms with van der Waals surface area (Å²) in [5, 5.41) is 8.93. The molecule has 0 unspecified atom stereocenters. The van der Waals surface area contributed by atoms with Crippen LogP contribution in [0, 0.1) is 12.7 Å². The number of carbonyl (C=O) groups is 1. The van der Waals surface area contributed by atoms with Crippen molar-refractivity contribution in [3.05, 3.63) is 65.0 Å². The highest BCUT2D eigenvalue weighted by Gasteiger charge is 2.15. The van der Waals surface area contributed by atoms with Crippen LogP contribution in [-0.2, 0) is 6.54 Å². The van der Waals surface area contributed by atoms with Crippen LogP contribution < -0.4 is 4.90 Å². The molecule has 2 aromatic carbocycles. The molecule has 4 heteroatoms. The van der Waals surface area contributed by atoms with Crippen molar-refractivity contribution in [2.45, 2.75) is 13.5 Å². The second kappa shape index (κ2) is 5.74. The van der Waals surface area contributed by atoms with E-state index in [1.165, 1.54) is 6.07 Å². The molecule has 0 aliphatic rings. The third-order valence-corrected chi connectivity index (χ3v) is 3.24. The Morgan fingerprint density at radius 2 is 1.90 bits per heavy atom.